The Bertz CT molecular complexity index is 978. The van der Waals surface area contributed by atoms with Crippen molar-refractivity contribution in [3.63, 3.8) is 0 Å². The van der Waals surface area contributed by atoms with Crippen molar-refractivity contribution in [2.75, 3.05) is 0 Å². The molecule has 4 aromatic rings. The van der Waals surface area contributed by atoms with Gasteiger partial charge in [0.1, 0.15) is 0 Å². The molecule has 0 saturated carbocycles. The molecule has 0 aliphatic carbocycles. The van der Waals surface area contributed by atoms with Gasteiger partial charge in [-0.05, 0) is 0 Å². The van der Waals surface area contributed by atoms with E-state index in [4.69, 9.17) is 0 Å². The second-order valence-corrected chi connectivity index (χ2v) is 6.46. The van der Waals surface area contributed by atoms with Gasteiger partial charge in [-0.25, -0.2) is 0 Å². The molecule has 0 nitrogen and oxygen atoms in total. The third-order valence-electron chi connectivity index (χ3n) is 4.46. The molecule has 0 aromatic heterocycles. The minimum absolute atomic E-state index is 0. The van der Waals surface area contributed by atoms with Crippen LogP contribution in [0.3, 0.4) is 0 Å². The van der Waals surface area contributed by atoms with Gasteiger partial charge in [0, 0.05) is 0 Å². The Labute approximate surface area is 203 Å². The van der Waals surface area contributed by atoms with E-state index in [1.54, 1.807) is 0 Å². The summed E-state index contributed by atoms with van der Waals surface area (Å²) in [6.45, 7) is 0. The van der Waals surface area contributed by atoms with E-state index in [1.165, 1.54) is 0 Å². The first-order valence-electron chi connectivity index (χ1n) is 9.39. The van der Waals surface area contributed by atoms with Gasteiger partial charge in [-0.15, -0.1) is 46.5 Å². The third kappa shape index (κ3) is 6.27. The molecule has 2 heteroatoms. The Morgan fingerprint density at radius 1 is 0.367 bits per heavy atom. The zero-order valence-electron chi connectivity index (χ0n) is 17.5. The van der Waals surface area contributed by atoms with Crippen LogP contribution in [-0.2, 0) is 0 Å². The van der Waals surface area contributed by atoms with Crippen LogP contribution in [0.15, 0.2) is 121 Å². The molecule has 0 N–H and O–H groups in total. The molecular formula is C28H20Li2. The van der Waals surface area contributed by atoms with E-state index < -0.39 is 0 Å². The van der Waals surface area contributed by atoms with E-state index in [2.05, 4.69) is 84.9 Å². The van der Waals surface area contributed by atoms with Crippen molar-refractivity contribution in [1.82, 2.24) is 0 Å². The fraction of sp³-hybridized carbons (Fsp3) is 0. The third-order valence-corrected chi connectivity index (χ3v) is 4.46. The van der Waals surface area contributed by atoms with Crippen LogP contribution in [0.25, 0.3) is 11.1 Å². The summed E-state index contributed by atoms with van der Waals surface area (Å²) in [5, 5.41) is 0. The maximum atomic E-state index is 3.63. The Kier molecular flexibility index (Phi) is 9.77. The minimum Gasteiger partial charge on any atom is -0.174 e. The average Bonchev–Trinajstić information content (AvgIpc) is 2.79. The minimum atomic E-state index is 0. The van der Waals surface area contributed by atoms with Crippen LogP contribution in [0.1, 0.15) is 22.3 Å². The first-order valence-corrected chi connectivity index (χ1v) is 9.39. The maximum Gasteiger partial charge on any atom is 1.00 e. The molecular weight excluding hydrogens is 350 g/mol. The van der Waals surface area contributed by atoms with E-state index >= 15 is 0 Å². The van der Waals surface area contributed by atoms with Gasteiger partial charge in [-0.3, -0.25) is 0 Å². The molecule has 0 amide bonds. The topological polar surface area (TPSA) is 0 Å². The van der Waals surface area contributed by atoms with Crippen LogP contribution in [0.2, 0.25) is 0 Å². The molecule has 134 valence electrons. The van der Waals surface area contributed by atoms with Crippen LogP contribution >= 0.6 is 0 Å². The predicted octanol–water partition coefficient (Wildman–Crippen LogP) is 0.865. The van der Waals surface area contributed by atoms with Crippen molar-refractivity contribution in [2.45, 2.75) is 0 Å². The number of rotatable bonds is 5. The molecule has 0 heterocycles. The Balaban J connectivity index is 0.00000160. The van der Waals surface area contributed by atoms with Crippen molar-refractivity contribution in [1.29, 1.82) is 0 Å². The summed E-state index contributed by atoms with van der Waals surface area (Å²) in [6, 6.07) is 41.3. The van der Waals surface area contributed by atoms with Crippen LogP contribution < -0.4 is 37.7 Å². The molecule has 0 bridgehead atoms. The number of hydrogen-bond acceptors (Lipinski definition) is 0. The van der Waals surface area contributed by atoms with Gasteiger partial charge in [0.05, 0.1) is 0 Å². The zero-order chi connectivity index (χ0) is 19.0. The smallest absolute Gasteiger partial charge is 0.174 e. The van der Waals surface area contributed by atoms with Gasteiger partial charge in [0.25, 0.3) is 0 Å². The van der Waals surface area contributed by atoms with Crippen molar-refractivity contribution in [3.05, 3.63) is 156 Å². The van der Waals surface area contributed by atoms with Crippen molar-refractivity contribution < 1.29 is 37.7 Å². The molecule has 0 aliphatic heterocycles. The van der Waals surface area contributed by atoms with Gasteiger partial charge < -0.3 is 0 Å². The molecule has 0 unspecified atom stereocenters. The standard InChI is InChI=1S/C28H20.2Li/c1-5-13-23(14-6-1)21-27(25-17-9-3-10-18-25)28(26-19-11-4-12-20-26)22-24-15-7-2-8-16-24;;/h1-20H;;/q-2;2*+1. The number of hydrogen-bond donors (Lipinski definition) is 0. The number of benzene rings is 4. The van der Waals surface area contributed by atoms with Gasteiger partial charge >= 0.3 is 37.7 Å². The Morgan fingerprint density at radius 3 is 0.933 bits per heavy atom. The SMILES string of the molecule is [C-](=C(C(=[C-]c1ccccc1)c1ccccc1)c1ccccc1)c1ccccc1.[Li+].[Li+]. The van der Waals surface area contributed by atoms with Gasteiger partial charge in [-0.1, -0.05) is 97.1 Å². The Morgan fingerprint density at radius 2 is 0.633 bits per heavy atom. The maximum absolute atomic E-state index is 3.63. The summed E-state index contributed by atoms with van der Waals surface area (Å²) in [6.07, 6.45) is 7.26. The van der Waals surface area contributed by atoms with Gasteiger partial charge in [0.15, 0.2) is 0 Å². The quantitative estimate of drug-likeness (QED) is 0.212. The molecule has 0 aliphatic rings. The van der Waals surface area contributed by atoms with E-state index in [9.17, 15) is 0 Å². The summed E-state index contributed by atoms with van der Waals surface area (Å²) < 4.78 is 0. The summed E-state index contributed by atoms with van der Waals surface area (Å²) >= 11 is 0. The predicted molar refractivity (Wildman–Crippen MR) is 117 cm³/mol. The van der Waals surface area contributed by atoms with Crippen molar-refractivity contribution >= 4 is 11.1 Å². The van der Waals surface area contributed by atoms with Crippen LogP contribution in [0.4, 0.5) is 0 Å². The van der Waals surface area contributed by atoms with Crippen LogP contribution in [-0.4, -0.2) is 0 Å². The zero-order valence-corrected chi connectivity index (χ0v) is 17.5. The largest absolute Gasteiger partial charge is 1.00 e. The molecule has 4 rings (SSSR count). The fourth-order valence-corrected chi connectivity index (χ4v) is 3.10. The van der Waals surface area contributed by atoms with Crippen LogP contribution in [0.5, 0.6) is 0 Å². The molecule has 30 heavy (non-hydrogen) atoms. The first-order chi connectivity index (χ1) is 13.9. The van der Waals surface area contributed by atoms with Crippen molar-refractivity contribution in [3.8, 4) is 0 Å². The van der Waals surface area contributed by atoms with E-state index in [0.717, 1.165) is 33.4 Å². The summed E-state index contributed by atoms with van der Waals surface area (Å²) in [5.74, 6) is 0. The molecule has 0 radical (unpaired) electrons. The second-order valence-electron chi connectivity index (χ2n) is 6.46. The van der Waals surface area contributed by atoms with Crippen molar-refractivity contribution in [2.24, 2.45) is 0 Å². The molecule has 0 fully saturated rings. The number of allylic oxidation sites excluding steroid dienone is 2. The normalized spacial score (nSPS) is 11.2. The van der Waals surface area contributed by atoms with E-state index in [1.807, 2.05) is 48.5 Å². The monoisotopic (exact) mass is 370 g/mol. The van der Waals surface area contributed by atoms with Gasteiger partial charge in [0.2, 0.25) is 0 Å². The molecule has 0 atom stereocenters. The Hall–Kier alpha value is -2.45. The molecule has 0 saturated heterocycles. The second kappa shape index (κ2) is 12.3. The molecule has 0 spiro atoms. The average molecular weight is 370 g/mol. The van der Waals surface area contributed by atoms with Crippen LogP contribution in [0, 0.1) is 12.2 Å². The summed E-state index contributed by atoms with van der Waals surface area (Å²) in [7, 11) is 0. The molecule has 4 aromatic carbocycles. The summed E-state index contributed by atoms with van der Waals surface area (Å²) in [4.78, 5) is 0. The summed E-state index contributed by atoms with van der Waals surface area (Å²) in [5.41, 5.74) is 6.39. The fourth-order valence-electron chi connectivity index (χ4n) is 3.10. The van der Waals surface area contributed by atoms with E-state index in [0.29, 0.717) is 0 Å². The first kappa shape index (κ1) is 23.8. The van der Waals surface area contributed by atoms with E-state index in [-0.39, 0.29) is 37.7 Å². The van der Waals surface area contributed by atoms with Gasteiger partial charge in [-0.2, -0.15) is 23.3 Å².